The minimum absolute atomic E-state index is 0. The van der Waals surface area contributed by atoms with E-state index < -0.39 is 10.2 Å². The van der Waals surface area contributed by atoms with Gasteiger partial charge in [-0.1, -0.05) is 66.2 Å². The van der Waals surface area contributed by atoms with Gasteiger partial charge in [0.15, 0.2) is 5.15 Å². The third-order valence-electron chi connectivity index (χ3n) is 3.16. The average Bonchev–Trinajstić information content (AvgIpc) is 2.57. The molecule has 0 amide bonds. The molecule has 0 fully saturated rings. The first-order valence-corrected chi connectivity index (χ1v) is 8.72. The summed E-state index contributed by atoms with van der Waals surface area (Å²) in [5, 5.41) is 8.44. The van der Waals surface area contributed by atoms with Gasteiger partial charge in [-0.25, -0.2) is 0 Å². The van der Waals surface area contributed by atoms with E-state index in [0.29, 0.717) is 5.15 Å². The second-order valence-electron chi connectivity index (χ2n) is 4.94. The first-order valence-electron chi connectivity index (χ1n) is 7.07. The molecule has 0 aliphatic rings. The van der Waals surface area contributed by atoms with Gasteiger partial charge in [-0.15, -0.1) is 29.1 Å². The van der Waals surface area contributed by atoms with Crippen molar-refractivity contribution < 1.29 is 28.9 Å². The van der Waals surface area contributed by atoms with Gasteiger partial charge < -0.3 is 0 Å². The lowest BCUT2D eigenvalue weighted by Gasteiger charge is -2.09. The number of benzene rings is 2. The SMILES string of the molecule is Clc1ccc(Cc2ccccc2-c2ccccc2)nn1.I.[O-][Cl+3]([O-])([O-])O. The Balaban J connectivity index is 0.000000501. The number of aromatic nitrogens is 2. The van der Waals surface area contributed by atoms with Crippen LogP contribution in [0.2, 0.25) is 5.15 Å². The van der Waals surface area contributed by atoms with Crippen LogP contribution in [0.1, 0.15) is 11.3 Å². The summed E-state index contributed by atoms with van der Waals surface area (Å²) in [4.78, 5) is 0. The Kier molecular flexibility index (Phi) is 9.37. The fraction of sp³-hybridized carbons (Fsp3) is 0.0588. The van der Waals surface area contributed by atoms with Gasteiger partial charge in [-0.2, -0.15) is 19.1 Å². The number of nitrogens with zero attached hydrogens (tertiary/aromatic N) is 2. The number of hydrogen-bond donors (Lipinski definition) is 1. The van der Waals surface area contributed by atoms with E-state index in [0.717, 1.165) is 12.1 Å². The Labute approximate surface area is 174 Å². The normalized spacial score (nSPS) is 10.3. The molecular formula is C17H15Cl2IN2O4. The van der Waals surface area contributed by atoms with E-state index >= 15 is 0 Å². The summed E-state index contributed by atoms with van der Waals surface area (Å²) in [6.45, 7) is 0. The summed E-state index contributed by atoms with van der Waals surface area (Å²) in [5.41, 5.74) is 4.59. The van der Waals surface area contributed by atoms with Crippen molar-refractivity contribution in [2.24, 2.45) is 0 Å². The van der Waals surface area contributed by atoms with E-state index in [-0.39, 0.29) is 24.0 Å². The Hall–Kier alpha value is -1.33. The molecule has 9 heteroatoms. The highest BCUT2D eigenvalue weighted by Crippen LogP contribution is 2.25. The van der Waals surface area contributed by atoms with E-state index in [2.05, 4.69) is 40.5 Å². The van der Waals surface area contributed by atoms with Gasteiger partial charge >= 0.3 is 0 Å². The van der Waals surface area contributed by atoms with Gasteiger partial charge in [-0.3, -0.25) is 0 Å². The number of halogens is 3. The van der Waals surface area contributed by atoms with Gasteiger partial charge in [0.05, 0.1) is 20.6 Å². The molecule has 3 rings (SSSR count). The van der Waals surface area contributed by atoms with Gasteiger partial charge in [0.2, 0.25) is 0 Å². The van der Waals surface area contributed by atoms with Crippen molar-refractivity contribution in [2.75, 3.05) is 0 Å². The Morgan fingerprint density at radius 3 is 2.00 bits per heavy atom. The molecule has 1 heterocycles. The maximum Gasteiger partial charge on any atom is 0.151 e. The molecule has 0 aliphatic carbocycles. The molecule has 0 spiro atoms. The molecule has 1 N–H and O–H groups in total. The van der Waals surface area contributed by atoms with E-state index in [1.165, 1.54) is 16.7 Å². The molecule has 0 saturated heterocycles. The summed E-state index contributed by atoms with van der Waals surface area (Å²) in [6, 6.07) is 22.4. The highest BCUT2D eigenvalue weighted by Gasteiger charge is 2.06. The van der Waals surface area contributed by atoms with Gasteiger partial charge in [0, 0.05) is 6.42 Å². The lowest BCUT2D eigenvalue weighted by atomic mass is 9.97. The van der Waals surface area contributed by atoms with Crippen molar-refractivity contribution in [3.05, 3.63) is 83.1 Å². The highest BCUT2D eigenvalue weighted by atomic mass is 127. The largest absolute Gasteiger partial charge is 0.183 e. The lowest BCUT2D eigenvalue weighted by molar-refractivity contribution is -1.92. The average molecular weight is 509 g/mol. The molecule has 0 bridgehead atoms. The predicted molar refractivity (Wildman–Crippen MR) is 99.4 cm³/mol. The first kappa shape index (κ1) is 22.7. The van der Waals surface area contributed by atoms with Crippen LogP contribution in [0.4, 0.5) is 0 Å². The molecule has 0 saturated carbocycles. The smallest absolute Gasteiger partial charge is 0.151 e. The zero-order valence-corrected chi connectivity index (χ0v) is 17.1. The van der Waals surface area contributed by atoms with E-state index in [1.54, 1.807) is 6.07 Å². The van der Waals surface area contributed by atoms with Crippen molar-refractivity contribution in [3.63, 3.8) is 0 Å². The lowest BCUT2D eigenvalue weighted by Crippen LogP contribution is -2.58. The molecule has 2 aromatic carbocycles. The van der Waals surface area contributed by atoms with Crippen LogP contribution in [0.5, 0.6) is 0 Å². The predicted octanol–water partition coefficient (Wildman–Crippen LogP) is 0.882. The standard InChI is InChI=1S/C17H13ClN2.ClHO4.HI/c18-17-11-10-15(19-20-17)12-14-8-4-5-9-16(14)13-6-2-1-3-7-13;2-1(3,4)5;/h1-11H,12H2;(H,2,3,4,5);1H. The third kappa shape index (κ3) is 8.37. The van der Waals surface area contributed by atoms with Gasteiger partial charge in [-0.05, 0) is 28.8 Å². The van der Waals surface area contributed by atoms with Crippen molar-refractivity contribution in [2.45, 2.75) is 6.42 Å². The quantitative estimate of drug-likeness (QED) is 0.525. The fourth-order valence-electron chi connectivity index (χ4n) is 2.21. The molecular weight excluding hydrogens is 494 g/mol. The maximum absolute atomic E-state index is 8.60. The minimum Gasteiger partial charge on any atom is -0.183 e. The second-order valence-corrected chi connectivity index (χ2v) is 6.12. The van der Waals surface area contributed by atoms with Crippen LogP contribution in [0.15, 0.2) is 66.7 Å². The summed E-state index contributed by atoms with van der Waals surface area (Å²) in [7, 11) is -4.69. The van der Waals surface area contributed by atoms with Gasteiger partial charge in [0.1, 0.15) is 0 Å². The fourth-order valence-corrected chi connectivity index (χ4v) is 2.31. The Morgan fingerprint density at radius 1 is 0.846 bits per heavy atom. The van der Waals surface area contributed by atoms with Crippen molar-refractivity contribution in [3.8, 4) is 11.1 Å². The Morgan fingerprint density at radius 2 is 1.42 bits per heavy atom. The summed E-state index contributed by atoms with van der Waals surface area (Å²) in [6.07, 6.45) is 0.745. The van der Waals surface area contributed by atoms with Crippen molar-refractivity contribution in [1.29, 1.82) is 0 Å². The highest BCUT2D eigenvalue weighted by molar-refractivity contribution is 14.0. The zero-order chi connectivity index (χ0) is 18.3. The molecule has 0 unspecified atom stereocenters. The summed E-state index contributed by atoms with van der Waals surface area (Å²) in [5.74, 6) is 0. The van der Waals surface area contributed by atoms with Crippen molar-refractivity contribution >= 4 is 35.6 Å². The number of hydrogen-bond acceptors (Lipinski definition) is 6. The monoisotopic (exact) mass is 508 g/mol. The van der Waals surface area contributed by atoms with Gasteiger partial charge in [0.25, 0.3) is 0 Å². The zero-order valence-electron chi connectivity index (χ0n) is 13.3. The number of rotatable bonds is 3. The van der Waals surface area contributed by atoms with Crippen LogP contribution < -0.4 is 14.0 Å². The molecule has 6 nitrogen and oxygen atoms in total. The molecule has 0 aliphatic heterocycles. The molecule has 3 aromatic rings. The molecule has 0 atom stereocenters. The van der Waals surface area contributed by atoms with Crippen LogP contribution >= 0.6 is 35.6 Å². The van der Waals surface area contributed by atoms with E-state index in [4.69, 9.17) is 30.2 Å². The van der Waals surface area contributed by atoms with Crippen LogP contribution in [0.3, 0.4) is 0 Å². The van der Waals surface area contributed by atoms with Crippen LogP contribution in [0, 0.1) is 10.2 Å². The summed E-state index contributed by atoms with van der Waals surface area (Å²) < 4.78 is 32.7. The van der Waals surface area contributed by atoms with Crippen molar-refractivity contribution in [1.82, 2.24) is 10.2 Å². The molecule has 138 valence electrons. The molecule has 0 radical (unpaired) electrons. The third-order valence-corrected chi connectivity index (χ3v) is 3.36. The maximum atomic E-state index is 8.60. The van der Waals surface area contributed by atoms with Crippen LogP contribution in [0.25, 0.3) is 11.1 Å². The Bertz CT molecular complexity index is 794. The van der Waals surface area contributed by atoms with Crippen LogP contribution in [-0.2, 0) is 6.42 Å². The first-order chi connectivity index (χ1) is 11.8. The second kappa shape index (κ2) is 10.7. The molecule has 26 heavy (non-hydrogen) atoms. The topological polar surface area (TPSA) is 115 Å². The molecule has 1 aromatic heterocycles. The minimum atomic E-state index is -4.69. The van der Waals surface area contributed by atoms with Crippen LogP contribution in [-0.4, -0.2) is 14.9 Å². The van der Waals surface area contributed by atoms with E-state index in [9.17, 15) is 0 Å². The van der Waals surface area contributed by atoms with E-state index in [1.807, 2.05) is 30.3 Å². The summed E-state index contributed by atoms with van der Waals surface area (Å²) >= 11 is 5.77.